The molecule has 1 aromatic rings. The molecule has 0 amide bonds. The summed E-state index contributed by atoms with van der Waals surface area (Å²) in [6.07, 6.45) is 0. The number of esters is 1. The number of hydrogen-bond acceptors (Lipinski definition) is 5. The predicted octanol–water partition coefficient (Wildman–Crippen LogP) is 1.55. The van der Waals surface area contributed by atoms with E-state index in [1.807, 2.05) is 0 Å². The first-order valence-corrected chi connectivity index (χ1v) is 5.35. The molecule has 1 rings (SSSR count). The number of rotatable bonds is 5. The first-order valence-electron chi connectivity index (χ1n) is 5.35. The average Bonchev–Trinajstić information content (AvgIpc) is 2.37. The van der Waals surface area contributed by atoms with Gasteiger partial charge in [-0.15, -0.1) is 0 Å². The predicted molar refractivity (Wildman–Crippen MR) is 65.0 cm³/mol. The highest BCUT2D eigenvalue weighted by molar-refractivity contribution is 6.03. The molecule has 0 aromatic heterocycles. The summed E-state index contributed by atoms with van der Waals surface area (Å²) in [5.41, 5.74) is 0.520. The van der Waals surface area contributed by atoms with Crippen LogP contribution in [-0.2, 0) is 14.3 Å². The van der Waals surface area contributed by atoms with Crippen molar-refractivity contribution >= 4 is 11.8 Å². The molecule has 1 atom stereocenters. The number of carbonyl (C=O) groups is 2. The zero-order valence-electron chi connectivity index (χ0n) is 10.9. The van der Waals surface area contributed by atoms with E-state index in [1.54, 1.807) is 18.2 Å². The summed E-state index contributed by atoms with van der Waals surface area (Å²) in [7, 11) is 4.25. The molecule has 0 aliphatic rings. The molecule has 0 saturated heterocycles. The van der Waals surface area contributed by atoms with E-state index in [-0.39, 0.29) is 5.78 Å². The van der Waals surface area contributed by atoms with Gasteiger partial charge in [-0.3, -0.25) is 9.59 Å². The second kappa shape index (κ2) is 6.05. The maximum absolute atomic E-state index is 11.6. The summed E-state index contributed by atoms with van der Waals surface area (Å²) in [6, 6.07) is 4.89. The molecule has 0 spiro atoms. The molecule has 0 radical (unpaired) electrons. The Morgan fingerprint density at radius 3 is 2.11 bits per heavy atom. The van der Waals surface area contributed by atoms with Gasteiger partial charge >= 0.3 is 5.97 Å². The molecule has 1 aromatic carbocycles. The van der Waals surface area contributed by atoms with Crippen molar-refractivity contribution in [1.29, 1.82) is 0 Å². The summed E-state index contributed by atoms with van der Waals surface area (Å²) < 4.78 is 14.9. The molecule has 1 unspecified atom stereocenters. The lowest BCUT2D eigenvalue weighted by Crippen LogP contribution is -2.21. The van der Waals surface area contributed by atoms with Crippen LogP contribution in [0.1, 0.15) is 18.4 Å². The molecule has 0 N–H and O–H groups in total. The fourth-order valence-corrected chi connectivity index (χ4v) is 1.69. The molecule has 0 aliphatic carbocycles. The Balaban J connectivity index is 3.21. The van der Waals surface area contributed by atoms with E-state index in [0.717, 1.165) is 0 Å². The van der Waals surface area contributed by atoms with Crippen LogP contribution in [0.15, 0.2) is 18.2 Å². The molecular weight excluding hydrogens is 236 g/mol. The zero-order chi connectivity index (χ0) is 13.7. The van der Waals surface area contributed by atoms with Gasteiger partial charge in [-0.2, -0.15) is 0 Å². The maximum atomic E-state index is 11.6. The van der Waals surface area contributed by atoms with Gasteiger partial charge in [0, 0.05) is 0 Å². The Morgan fingerprint density at radius 1 is 1.06 bits per heavy atom. The smallest absolute Gasteiger partial charge is 0.320 e. The van der Waals surface area contributed by atoms with Gasteiger partial charge in [0.1, 0.15) is 11.7 Å². The van der Waals surface area contributed by atoms with Crippen LogP contribution in [0.3, 0.4) is 0 Å². The van der Waals surface area contributed by atoms with Crippen molar-refractivity contribution < 1.29 is 23.8 Å². The van der Waals surface area contributed by atoms with E-state index >= 15 is 0 Å². The van der Waals surface area contributed by atoms with Gasteiger partial charge in [-0.05, 0) is 24.6 Å². The molecule has 5 heteroatoms. The summed E-state index contributed by atoms with van der Waals surface area (Å²) >= 11 is 0. The number of benzene rings is 1. The number of hydrogen-bond donors (Lipinski definition) is 0. The van der Waals surface area contributed by atoms with Gasteiger partial charge in [0.05, 0.1) is 21.3 Å². The number of ether oxygens (including phenoxy) is 3. The first-order chi connectivity index (χ1) is 8.54. The summed E-state index contributed by atoms with van der Waals surface area (Å²) in [5, 5.41) is 0. The second-order valence-corrected chi connectivity index (χ2v) is 3.68. The highest BCUT2D eigenvalue weighted by Gasteiger charge is 2.27. The molecule has 18 heavy (non-hydrogen) atoms. The largest absolute Gasteiger partial charge is 0.493 e. The number of Topliss-reactive ketones (excluding diaryl/α,β-unsaturated/α-hetero) is 1. The molecular formula is C13H16O5. The van der Waals surface area contributed by atoms with E-state index in [2.05, 4.69) is 4.74 Å². The van der Waals surface area contributed by atoms with Crippen LogP contribution in [0.5, 0.6) is 11.5 Å². The number of carbonyl (C=O) groups excluding carboxylic acids is 2. The molecule has 0 saturated carbocycles. The normalized spacial score (nSPS) is 11.6. The van der Waals surface area contributed by atoms with Crippen LogP contribution in [0.25, 0.3) is 0 Å². The van der Waals surface area contributed by atoms with Crippen LogP contribution in [0.2, 0.25) is 0 Å². The van der Waals surface area contributed by atoms with Gasteiger partial charge in [0.25, 0.3) is 0 Å². The third-order valence-electron chi connectivity index (χ3n) is 2.58. The highest BCUT2D eigenvalue weighted by atomic mass is 16.5. The van der Waals surface area contributed by atoms with Crippen LogP contribution in [0, 0.1) is 0 Å². The minimum Gasteiger partial charge on any atom is -0.493 e. The van der Waals surface area contributed by atoms with Gasteiger partial charge < -0.3 is 14.2 Å². The van der Waals surface area contributed by atoms with Gasteiger partial charge in [0.2, 0.25) is 0 Å². The monoisotopic (exact) mass is 252 g/mol. The van der Waals surface area contributed by atoms with Crippen molar-refractivity contribution in [3.05, 3.63) is 23.8 Å². The maximum Gasteiger partial charge on any atom is 0.320 e. The fourth-order valence-electron chi connectivity index (χ4n) is 1.69. The topological polar surface area (TPSA) is 61.8 Å². The summed E-state index contributed by atoms with van der Waals surface area (Å²) in [4.78, 5) is 23.1. The van der Waals surface area contributed by atoms with E-state index in [0.29, 0.717) is 17.1 Å². The molecule has 0 fully saturated rings. The molecule has 0 heterocycles. The van der Waals surface area contributed by atoms with E-state index in [9.17, 15) is 9.59 Å². The minimum absolute atomic E-state index is 0.283. The Morgan fingerprint density at radius 2 is 1.67 bits per heavy atom. The van der Waals surface area contributed by atoms with Crippen molar-refractivity contribution in [2.45, 2.75) is 12.8 Å². The average molecular weight is 252 g/mol. The lowest BCUT2D eigenvalue weighted by Gasteiger charge is -2.14. The second-order valence-electron chi connectivity index (χ2n) is 3.68. The van der Waals surface area contributed by atoms with Crippen molar-refractivity contribution in [3.63, 3.8) is 0 Å². The summed E-state index contributed by atoms with van der Waals surface area (Å²) in [5.74, 6) is -0.808. The zero-order valence-corrected chi connectivity index (χ0v) is 10.9. The molecule has 0 aliphatic heterocycles. The summed E-state index contributed by atoms with van der Waals surface area (Å²) in [6.45, 7) is 1.35. The van der Waals surface area contributed by atoms with Crippen LogP contribution >= 0.6 is 0 Å². The molecule has 0 bridgehead atoms. The quantitative estimate of drug-likeness (QED) is 0.587. The third kappa shape index (κ3) is 2.80. The third-order valence-corrected chi connectivity index (χ3v) is 2.58. The van der Waals surface area contributed by atoms with Gasteiger partial charge in [0.15, 0.2) is 11.5 Å². The SMILES string of the molecule is COC(=O)C(C(C)=O)c1ccc(OC)c(OC)c1. The Labute approximate surface area is 106 Å². The van der Waals surface area contributed by atoms with E-state index in [4.69, 9.17) is 9.47 Å². The lowest BCUT2D eigenvalue weighted by atomic mass is 9.95. The van der Waals surface area contributed by atoms with Gasteiger partial charge in [-0.1, -0.05) is 6.07 Å². The lowest BCUT2D eigenvalue weighted by molar-refractivity contribution is -0.145. The van der Waals surface area contributed by atoms with Crippen molar-refractivity contribution in [1.82, 2.24) is 0 Å². The molecule has 98 valence electrons. The Bertz CT molecular complexity index is 453. The van der Waals surface area contributed by atoms with E-state index in [1.165, 1.54) is 28.3 Å². The first kappa shape index (κ1) is 14.0. The van der Waals surface area contributed by atoms with Crippen LogP contribution < -0.4 is 9.47 Å². The molecule has 5 nitrogen and oxygen atoms in total. The fraction of sp³-hybridized carbons (Fsp3) is 0.385. The Hall–Kier alpha value is -2.04. The van der Waals surface area contributed by atoms with Gasteiger partial charge in [-0.25, -0.2) is 0 Å². The highest BCUT2D eigenvalue weighted by Crippen LogP contribution is 2.31. The number of methoxy groups -OCH3 is 3. The number of ketones is 1. The van der Waals surface area contributed by atoms with Crippen molar-refractivity contribution in [2.75, 3.05) is 21.3 Å². The van der Waals surface area contributed by atoms with Crippen molar-refractivity contribution in [2.24, 2.45) is 0 Å². The standard InChI is InChI=1S/C13H16O5/c1-8(14)12(13(15)18-4)9-5-6-10(16-2)11(7-9)17-3/h5-7,12H,1-4H3. The van der Waals surface area contributed by atoms with E-state index < -0.39 is 11.9 Å². The van der Waals surface area contributed by atoms with Crippen molar-refractivity contribution in [3.8, 4) is 11.5 Å². The van der Waals surface area contributed by atoms with Crippen LogP contribution in [-0.4, -0.2) is 33.1 Å². The minimum atomic E-state index is -0.935. The van der Waals surface area contributed by atoms with Crippen LogP contribution in [0.4, 0.5) is 0 Å². The Kier molecular flexibility index (Phi) is 4.71.